The van der Waals surface area contributed by atoms with Gasteiger partial charge in [0.1, 0.15) is 15.7 Å². The number of nitrogens with one attached hydrogen (secondary N) is 2. The smallest absolute Gasteiger partial charge is 0.241 e. The van der Waals surface area contributed by atoms with Crippen LogP contribution in [0, 0.1) is 0 Å². The van der Waals surface area contributed by atoms with Gasteiger partial charge in [-0.2, -0.15) is 0 Å². The maximum absolute atomic E-state index is 11.6. The van der Waals surface area contributed by atoms with Crippen LogP contribution < -0.4 is 10.0 Å². The minimum Gasteiger partial charge on any atom is -0.364 e. The van der Waals surface area contributed by atoms with E-state index in [2.05, 4.69) is 20.0 Å². The highest BCUT2D eigenvalue weighted by molar-refractivity contribution is 7.89. The number of aromatic nitrogens is 2. The first kappa shape index (κ1) is 16.6. The fourth-order valence-electron chi connectivity index (χ4n) is 2.04. The minimum atomic E-state index is -3.46. The van der Waals surface area contributed by atoms with Gasteiger partial charge in [-0.1, -0.05) is 30.3 Å². The number of sulfonamides is 1. The molecule has 1 aromatic carbocycles. The summed E-state index contributed by atoms with van der Waals surface area (Å²) in [6.45, 7) is 0.522. The SMILES string of the molecule is CNS(=O)(=O)c1ccc(NCc2csc(-c3ccccc3)n2)nc1. The van der Waals surface area contributed by atoms with Crippen molar-refractivity contribution >= 4 is 27.2 Å². The highest BCUT2D eigenvalue weighted by atomic mass is 32.2. The van der Waals surface area contributed by atoms with E-state index in [0.717, 1.165) is 16.3 Å². The van der Waals surface area contributed by atoms with Crippen LogP contribution in [-0.2, 0) is 16.6 Å². The molecule has 24 heavy (non-hydrogen) atoms. The normalized spacial score (nSPS) is 11.4. The molecule has 2 heterocycles. The first-order valence-corrected chi connectivity index (χ1v) is 9.58. The Bertz CT molecular complexity index is 907. The second-order valence-corrected chi connectivity index (χ2v) is 7.69. The van der Waals surface area contributed by atoms with Gasteiger partial charge in [-0.05, 0) is 19.2 Å². The number of nitrogens with zero attached hydrogens (tertiary/aromatic N) is 2. The van der Waals surface area contributed by atoms with Gasteiger partial charge >= 0.3 is 0 Å². The zero-order chi connectivity index (χ0) is 17.0. The fraction of sp³-hybridized carbons (Fsp3) is 0.125. The van der Waals surface area contributed by atoms with Crippen molar-refractivity contribution in [3.8, 4) is 10.6 Å². The van der Waals surface area contributed by atoms with Crippen molar-refractivity contribution in [3.63, 3.8) is 0 Å². The van der Waals surface area contributed by atoms with Crippen molar-refractivity contribution in [2.45, 2.75) is 11.4 Å². The molecule has 3 rings (SSSR count). The Morgan fingerprint density at radius 3 is 2.58 bits per heavy atom. The van der Waals surface area contributed by atoms with Crippen LogP contribution in [0.25, 0.3) is 10.6 Å². The van der Waals surface area contributed by atoms with Gasteiger partial charge in [0.25, 0.3) is 0 Å². The third-order valence-corrected chi connectivity index (χ3v) is 5.68. The summed E-state index contributed by atoms with van der Waals surface area (Å²) in [7, 11) is -2.09. The Labute approximate surface area is 144 Å². The van der Waals surface area contributed by atoms with Crippen molar-refractivity contribution in [1.29, 1.82) is 0 Å². The highest BCUT2D eigenvalue weighted by Gasteiger charge is 2.11. The molecular formula is C16H16N4O2S2. The van der Waals surface area contributed by atoms with Gasteiger partial charge in [0.15, 0.2) is 0 Å². The summed E-state index contributed by atoms with van der Waals surface area (Å²) in [5, 5.41) is 6.10. The second kappa shape index (κ2) is 7.08. The predicted molar refractivity (Wildman–Crippen MR) is 95.4 cm³/mol. The van der Waals surface area contributed by atoms with Crippen LogP contribution in [0.4, 0.5) is 5.82 Å². The molecule has 0 fully saturated rings. The molecule has 0 aliphatic rings. The molecular weight excluding hydrogens is 344 g/mol. The Hall–Kier alpha value is -2.29. The third kappa shape index (κ3) is 3.78. The summed E-state index contributed by atoms with van der Waals surface area (Å²) in [6, 6.07) is 13.1. The molecule has 0 atom stereocenters. The minimum absolute atomic E-state index is 0.135. The van der Waals surface area contributed by atoms with Gasteiger partial charge in [0.2, 0.25) is 10.0 Å². The molecule has 0 aliphatic carbocycles. The average molecular weight is 360 g/mol. The van der Waals surface area contributed by atoms with Crippen molar-refractivity contribution < 1.29 is 8.42 Å². The maximum atomic E-state index is 11.6. The third-order valence-electron chi connectivity index (χ3n) is 3.34. The van der Waals surface area contributed by atoms with Crippen LogP contribution in [0.3, 0.4) is 0 Å². The molecule has 0 bridgehead atoms. The molecule has 0 saturated heterocycles. The van der Waals surface area contributed by atoms with Gasteiger partial charge in [-0.15, -0.1) is 11.3 Å². The van der Waals surface area contributed by atoms with E-state index in [1.54, 1.807) is 17.4 Å². The molecule has 0 radical (unpaired) electrons. The molecule has 0 unspecified atom stereocenters. The van der Waals surface area contributed by atoms with E-state index in [0.29, 0.717) is 12.4 Å². The van der Waals surface area contributed by atoms with E-state index in [1.165, 1.54) is 19.3 Å². The summed E-state index contributed by atoms with van der Waals surface area (Å²) in [5.41, 5.74) is 2.00. The van der Waals surface area contributed by atoms with Gasteiger partial charge in [0, 0.05) is 17.1 Å². The number of anilines is 1. The van der Waals surface area contributed by atoms with Crippen molar-refractivity contribution in [3.05, 3.63) is 59.7 Å². The number of thiazole rings is 1. The molecule has 2 aromatic heterocycles. The number of pyridine rings is 1. The van der Waals surface area contributed by atoms with E-state index in [-0.39, 0.29) is 4.90 Å². The summed E-state index contributed by atoms with van der Waals surface area (Å²) < 4.78 is 25.6. The predicted octanol–water partition coefficient (Wildman–Crippen LogP) is 2.73. The zero-order valence-electron chi connectivity index (χ0n) is 12.9. The lowest BCUT2D eigenvalue weighted by Crippen LogP contribution is -2.18. The molecule has 3 aromatic rings. The van der Waals surface area contributed by atoms with E-state index >= 15 is 0 Å². The van der Waals surface area contributed by atoms with Gasteiger partial charge in [-0.3, -0.25) is 0 Å². The summed E-state index contributed by atoms with van der Waals surface area (Å²) in [6.07, 6.45) is 1.32. The quantitative estimate of drug-likeness (QED) is 0.706. The van der Waals surface area contributed by atoms with Gasteiger partial charge in [0.05, 0.1) is 12.2 Å². The number of benzene rings is 1. The number of hydrogen-bond donors (Lipinski definition) is 2. The van der Waals surface area contributed by atoms with E-state index in [9.17, 15) is 8.42 Å². The van der Waals surface area contributed by atoms with Crippen molar-refractivity contribution in [2.24, 2.45) is 0 Å². The second-order valence-electron chi connectivity index (χ2n) is 4.95. The molecule has 2 N–H and O–H groups in total. The average Bonchev–Trinajstić information content (AvgIpc) is 3.10. The summed E-state index contributed by atoms with van der Waals surface area (Å²) >= 11 is 1.59. The van der Waals surface area contributed by atoms with Crippen molar-refractivity contribution in [1.82, 2.24) is 14.7 Å². The lowest BCUT2D eigenvalue weighted by molar-refractivity contribution is 0.588. The highest BCUT2D eigenvalue weighted by Crippen LogP contribution is 2.23. The first-order chi connectivity index (χ1) is 11.6. The van der Waals surface area contributed by atoms with E-state index in [1.807, 2.05) is 35.7 Å². The molecule has 6 nitrogen and oxygen atoms in total. The summed E-state index contributed by atoms with van der Waals surface area (Å²) in [4.78, 5) is 8.84. The summed E-state index contributed by atoms with van der Waals surface area (Å²) in [5.74, 6) is 0.597. The zero-order valence-corrected chi connectivity index (χ0v) is 14.6. The first-order valence-electron chi connectivity index (χ1n) is 7.22. The lowest BCUT2D eigenvalue weighted by atomic mass is 10.2. The Balaban J connectivity index is 1.65. The Morgan fingerprint density at radius 1 is 1.12 bits per heavy atom. The topological polar surface area (TPSA) is 84.0 Å². The lowest BCUT2D eigenvalue weighted by Gasteiger charge is -2.05. The fourth-order valence-corrected chi connectivity index (χ4v) is 3.54. The van der Waals surface area contributed by atoms with Crippen LogP contribution in [0.2, 0.25) is 0 Å². The van der Waals surface area contributed by atoms with E-state index in [4.69, 9.17) is 0 Å². The number of hydrogen-bond acceptors (Lipinski definition) is 6. The Morgan fingerprint density at radius 2 is 1.92 bits per heavy atom. The largest absolute Gasteiger partial charge is 0.364 e. The van der Waals surface area contributed by atoms with Crippen LogP contribution in [-0.4, -0.2) is 25.4 Å². The van der Waals surface area contributed by atoms with Gasteiger partial charge in [-0.25, -0.2) is 23.1 Å². The number of rotatable bonds is 6. The molecule has 0 aliphatic heterocycles. The van der Waals surface area contributed by atoms with Crippen molar-refractivity contribution in [2.75, 3.05) is 12.4 Å². The van der Waals surface area contributed by atoms with Crippen LogP contribution in [0.5, 0.6) is 0 Å². The van der Waals surface area contributed by atoms with Crippen LogP contribution in [0.15, 0.2) is 58.9 Å². The maximum Gasteiger partial charge on any atom is 0.241 e. The molecule has 124 valence electrons. The molecule has 8 heteroatoms. The molecule has 0 spiro atoms. The molecule has 0 saturated carbocycles. The van der Waals surface area contributed by atoms with Gasteiger partial charge < -0.3 is 5.32 Å². The van der Waals surface area contributed by atoms with Crippen LogP contribution >= 0.6 is 11.3 Å². The Kier molecular flexibility index (Phi) is 4.89. The molecule has 0 amide bonds. The van der Waals surface area contributed by atoms with Crippen LogP contribution in [0.1, 0.15) is 5.69 Å². The van der Waals surface area contributed by atoms with E-state index < -0.39 is 10.0 Å². The standard InChI is InChI=1S/C16H16N4O2S2/c1-17-24(21,22)14-7-8-15(19-10-14)18-9-13-11-23-16(20-13)12-5-3-2-4-6-12/h2-8,10-11,17H,9H2,1H3,(H,18,19). The monoisotopic (exact) mass is 360 g/mol.